The molecular formula is C13H18N2O2S. The van der Waals surface area contributed by atoms with Crippen LogP contribution in [-0.2, 0) is 9.53 Å². The van der Waals surface area contributed by atoms with Gasteiger partial charge in [0.25, 0.3) is 0 Å². The highest BCUT2D eigenvalue weighted by molar-refractivity contribution is 7.07. The van der Waals surface area contributed by atoms with Gasteiger partial charge in [0, 0.05) is 18.6 Å². The van der Waals surface area contributed by atoms with Crippen molar-refractivity contribution in [3.05, 3.63) is 22.4 Å². The van der Waals surface area contributed by atoms with E-state index in [0.717, 1.165) is 19.6 Å². The molecule has 3 atom stereocenters. The SMILES string of the molecule is CC(C1CCOC1)N1C(=O)CNC1c1ccsc1. The van der Waals surface area contributed by atoms with Crippen molar-refractivity contribution in [2.75, 3.05) is 19.8 Å². The molecule has 0 bridgehead atoms. The third-order valence-electron chi connectivity index (χ3n) is 3.96. The Labute approximate surface area is 111 Å². The summed E-state index contributed by atoms with van der Waals surface area (Å²) in [7, 11) is 0. The molecule has 98 valence electrons. The molecule has 3 rings (SSSR count). The second kappa shape index (κ2) is 4.99. The lowest BCUT2D eigenvalue weighted by molar-refractivity contribution is -0.131. The van der Waals surface area contributed by atoms with Gasteiger partial charge in [0.1, 0.15) is 6.17 Å². The minimum Gasteiger partial charge on any atom is -0.381 e. The van der Waals surface area contributed by atoms with Crippen molar-refractivity contribution in [2.24, 2.45) is 5.92 Å². The number of hydrogen-bond acceptors (Lipinski definition) is 4. The van der Waals surface area contributed by atoms with E-state index in [1.165, 1.54) is 5.56 Å². The summed E-state index contributed by atoms with van der Waals surface area (Å²) in [5, 5.41) is 7.47. The summed E-state index contributed by atoms with van der Waals surface area (Å²) < 4.78 is 5.44. The maximum absolute atomic E-state index is 12.1. The first kappa shape index (κ1) is 12.1. The van der Waals surface area contributed by atoms with E-state index in [0.29, 0.717) is 12.5 Å². The molecule has 3 heterocycles. The summed E-state index contributed by atoms with van der Waals surface area (Å²) in [6, 6.07) is 2.33. The summed E-state index contributed by atoms with van der Waals surface area (Å²) in [5.74, 6) is 0.667. The van der Waals surface area contributed by atoms with Crippen molar-refractivity contribution in [3.63, 3.8) is 0 Å². The first-order valence-electron chi connectivity index (χ1n) is 6.42. The molecule has 0 saturated carbocycles. The molecule has 0 aliphatic carbocycles. The second-order valence-corrected chi connectivity index (χ2v) is 5.79. The van der Waals surface area contributed by atoms with Crippen molar-refractivity contribution in [3.8, 4) is 0 Å². The van der Waals surface area contributed by atoms with Crippen LogP contribution in [0, 0.1) is 5.92 Å². The molecular weight excluding hydrogens is 248 g/mol. The predicted molar refractivity (Wildman–Crippen MR) is 70.3 cm³/mol. The summed E-state index contributed by atoms with van der Waals surface area (Å²) in [6.45, 7) is 4.19. The molecule has 1 amide bonds. The number of carbonyl (C=O) groups excluding carboxylic acids is 1. The van der Waals surface area contributed by atoms with Crippen molar-refractivity contribution < 1.29 is 9.53 Å². The highest BCUT2D eigenvalue weighted by atomic mass is 32.1. The van der Waals surface area contributed by atoms with Crippen molar-refractivity contribution in [1.29, 1.82) is 0 Å². The Kier molecular flexibility index (Phi) is 3.37. The van der Waals surface area contributed by atoms with Crippen LogP contribution in [0.5, 0.6) is 0 Å². The van der Waals surface area contributed by atoms with Gasteiger partial charge in [0.2, 0.25) is 5.91 Å². The number of rotatable bonds is 3. The number of carbonyl (C=O) groups is 1. The van der Waals surface area contributed by atoms with Gasteiger partial charge in [-0.15, -0.1) is 0 Å². The van der Waals surface area contributed by atoms with Crippen LogP contribution in [0.25, 0.3) is 0 Å². The minimum atomic E-state index is 0.0411. The maximum atomic E-state index is 12.1. The molecule has 2 saturated heterocycles. The smallest absolute Gasteiger partial charge is 0.238 e. The van der Waals surface area contributed by atoms with Crippen molar-refractivity contribution in [1.82, 2.24) is 10.2 Å². The molecule has 0 radical (unpaired) electrons. The third-order valence-corrected chi connectivity index (χ3v) is 4.66. The third kappa shape index (κ3) is 2.06. The Morgan fingerprint density at radius 3 is 3.17 bits per heavy atom. The zero-order chi connectivity index (χ0) is 12.5. The van der Waals surface area contributed by atoms with Gasteiger partial charge in [-0.05, 0) is 35.7 Å². The van der Waals surface area contributed by atoms with Gasteiger partial charge < -0.3 is 9.64 Å². The van der Waals surface area contributed by atoms with E-state index in [2.05, 4.69) is 29.1 Å². The van der Waals surface area contributed by atoms with E-state index in [4.69, 9.17) is 4.74 Å². The van der Waals surface area contributed by atoms with Crippen molar-refractivity contribution in [2.45, 2.75) is 25.6 Å². The van der Waals surface area contributed by atoms with E-state index >= 15 is 0 Å². The van der Waals surface area contributed by atoms with Crippen LogP contribution >= 0.6 is 11.3 Å². The number of ether oxygens (including phenoxy) is 1. The van der Waals surface area contributed by atoms with Crippen molar-refractivity contribution >= 4 is 17.2 Å². The summed E-state index contributed by atoms with van der Waals surface area (Å²) in [5.41, 5.74) is 1.19. The molecule has 3 unspecified atom stereocenters. The lowest BCUT2D eigenvalue weighted by atomic mass is 9.98. The highest BCUT2D eigenvalue weighted by Gasteiger charge is 2.38. The number of thiophene rings is 1. The number of hydrogen-bond donors (Lipinski definition) is 1. The van der Waals surface area contributed by atoms with Gasteiger partial charge in [0.05, 0.1) is 13.2 Å². The number of nitrogens with one attached hydrogen (secondary N) is 1. The second-order valence-electron chi connectivity index (χ2n) is 5.01. The Balaban J connectivity index is 1.80. The lowest BCUT2D eigenvalue weighted by Crippen LogP contribution is -2.42. The van der Waals surface area contributed by atoms with Crippen LogP contribution < -0.4 is 5.32 Å². The standard InChI is InChI=1S/C13H18N2O2S/c1-9(10-2-4-17-7-10)15-12(16)6-14-13(15)11-3-5-18-8-11/h3,5,8-10,13-14H,2,4,6-7H2,1H3. The topological polar surface area (TPSA) is 41.6 Å². The number of nitrogens with zero attached hydrogens (tertiary/aromatic N) is 1. The lowest BCUT2D eigenvalue weighted by Gasteiger charge is -2.33. The first-order chi connectivity index (χ1) is 8.77. The minimum absolute atomic E-state index is 0.0411. The molecule has 2 aliphatic rings. The van der Waals surface area contributed by atoms with Gasteiger partial charge in [-0.1, -0.05) is 0 Å². The van der Waals surface area contributed by atoms with E-state index in [1.54, 1.807) is 11.3 Å². The van der Waals surface area contributed by atoms with Crippen LogP contribution in [0.3, 0.4) is 0 Å². The molecule has 1 aromatic rings. The molecule has 2 fully saturated rings. The Morgan fingerprint density at radius 1 is 1.61 bits per heavy atom. The normalized spacial score (nSPS) is 30.1. The van der Waals surface area contributed by atoms with Gasteiger partial charge in [-0.25, -0.2) is 0 Å². The molecule has 1 N–H and O–H groups in total. The van der Waals surface area contributed by atoms with E-state index < -0.39 is 0 Å². The summed E-state index contributed by atoms with van der Waals surface area (Å²) >= 11 is 1.67. The quantitative estimate of drug-likeness (QED) is 0.903. The van der Waals surface area contributed by atoms with Crippen LogP contribution in [0.4, 0.5) is 0 Å². The zero-order valence-corrected chi connectivity index (χ0v) is 11.3. The van der Waals surface area contributed by atoms with Gasteiger partial charge in [-0.2, -0.15) is 11.3 Å². The molecule has 2 aliphatic heterocycles. The zero-order valence-electron chi connectivity index (χ0n) is 10.5. The highest BCUT2D eigenvalue weighted by Crippen LogP contribution is 2.31. The average molecular weight is 266 g/mol. The Morgan fingerprint density at radius 2 is 2.50 bits per heavy atom. The average Bonchev–Trinajstić information content (AvgIpc) is 3.10. The van der Waals surface area contributed by atoms with Crippen LogP contribution in [0.2, 0.25) is 0 Å². The van der Waals surface area contributed by atoms with E-state index in [-0.39, 0.29) is 18.1 Å². The first-order valence-corrected chi connectivity index (χ1v) is 7.36. The molecule has 4 nitrogen and oxygen atoms in total. The molecule has 0 aromatic carbocycles. The Hall–Kier alpha value is -0.910. The fourth-order valence-corrected chi connectivity index (χ4v) is 3.53. The largest absolute Gasteiger partial charge is 0.381 e. The summed E-state index contributed by atoms with van der Waals surface area (Å²) in [6.07, 6.45) is 1.10. The van der Waals surface area contributed by atoms with Gasteiger partial charge in [-0.3, -0.25) is 10.1 Å². The molecule has 0 spiro atoms. The fourth-order valence-electron chi connectivity index (χ4n) is 2.85. The van der Waals surface area contributed by atoms with Crippen LogP contribution in [0.15, 0.2) is 16.8 Å². The van der Waals surface area contributed by atoms with E-state index in [1.807, 2.05) is 4.90 Å². The number of amides is 1. The van der Waals surface area contributed by atoms with Gasteiger partial charge >= 0.3 is 0 Å². The predicted octanol–water partition coefficient (Wildman–Crippen LogP) is 1.60. The van der Waals surface area contributed by atoms with Crippen LogP contribution in [-0.4, -0.2) is 36.6 Å². The van der Waals surface area contributed by atoms with E-state index in [9.17, 15) is 4.79 Å². The maximum Gasteiger partial charge on any atom is 0.238 e. The fraction of sp³-hybridized carbons (Fsp3) is 0.615. The van der Waals surface area contributed by atoms with Crippen LogP contribution in [0.1, 0.15) is 25.1 Å². The van der Waals surface area contributed by atoms with Gasteiger partial charge in [0.15, 0.2) is 0 Å². The Bertz CT molecular complexity index is 415. The monoisotopic (exact) mass is 266 g/mol. The molecule has 5 heteroatoms. The molecule has 18 heavy (non-hydrogen) atoms. The summed E-state index contributed by atoms with van der Waals surface area (Å²) in [4.78, 5) is 14.1. The molecule has 1 aromatic heterocycles.